The first-order chi connectivity index (χ1) is 9.63. The molecule has 2 N–H and O–H groups in total. The molecule has 2 heterocycles. The fraction of sp³-hybridized carbons (Fsp3) is 0.333. The number of nitrogens with zero attached hydrogens (tertiary/aromatic N) is 3. The second-order valence-electron chi connectivity index (χ2n) is 4.61. The number of non-ortho nitro benzene ring substituents is 1. The van der Waals surface area contributed by atoms with Gasteiger partial charge in [0.05, 0.1) is 17.1 Å². The average Bonchev–Trinajstić information content (AvgIpc) is 3.07. The van der Waals surface area contributed by atoms with Crippen LogP contribution in [0.1, 0.15) is 18.4 Å². The summed E-state index contributed by atoms with van der Waals surface area (Å²) in [5.41, 5.74) is 0.496. The van der Waals surface area contributed by atoms with E-state index in [2.05, 4.69) is 15.5 Å². The van der Waals surface area contributed by atoms with Crippen molar-refractivity contribution in [1.82, 2.24) is 15.5 Å². The van der Waals surface area contributed by atoms with Gasteiger partial charge in [0.25, 0.3) is 5.69 Å². The van der Waals surface area contributed by atoms with Crippen LogP contribution in [0.3, 0.4) is 0 Å². The van der Waals surface area contributed by atoms with Gasteiger partial charge in [0.1, 0.15) is 0 Å². The van der Waals surface area contributed by atoms with Crippen molar-refractivity contribution in [3.63, 3.8) is 0 Å². The van der Waals surface area contributed by atoms with Crippen LogP contribution in [0.4, 0.5) is 5.69 Å². The van der Waals surface area contributed by atoms with E-state index in [-0.39, 0.29) is 11.7 Å². The van der Waals surface area contributed by atoms with E-state index < -0.39 is 11.0 Å². The van der Waals surface area contributed by atoms with Gasteiger partial charge in [-0.15, -0.1) is 0 Å². The number of aliphatic hydroxyl groups is 1. The molecule has 104 valence electrons. The van der Waals surface area contributed by atoms with E-state index in [0.29, 0.717) is 30.2 Å². The molecule has 0 amide bonds. The van der Waals surface area contributed by atoms with Gasteiger partial charge in [-0.2, -0.15) is 4.98 Å². The number of nitrogens with one attached hydrogen (secondary N) is 1. The van der Waals surface area contributed by atoms with Crippen LogP contribution in [0.15, 0.2) is 28.8 Å². The SMILES string of the molecule is O=[N+]([O-])c1cccc(-c2noc(C3CC(O)CN3)n2)c1. The summed E-state index contributed by atoms with van der Waals surface area (Å²) in [4.78, 5) is 14.5. The zero-order valence-corrected chi connectivity index (χ0v) is 10.4. The highest BCUT2D eigenvalue weighted by Gasteiger charge is 2.28. The van der Waals surface area contributed by atoms with Crippen molar-refractivity contribution >= 4 is 5.69 Å². The molecule has 20 heavy (non-hydrogen) atoms. The van der Waals surface area contributed by atoms with Crippen LogP contribution in [0.25, 0.3) is 11.4 Å². The lowest BCUT2D eigenvalue weighted by Gasteiger charge is -2.01. The number of β-amino-alcohol motifs (C(OH)–C–C–N with tert-alkyl or cyclic N) is 1. The third-order valence-electron chi connectivity index (χ3n) is 3.16. The molecule has 2 atom stereocenters. The van der Waals surface area contributed by atoms with Crippen LogP contribution < -0.4 is 5.32 Å². The van der Waals surface area contributed by atoms with Crippen LogP contribution in [-0.2, 0) is 0 Å². The standard InChI is InChI=1S/C12H12N4O4/c17-9-5-10(13-6-9)12-14-11(15-20-12)7-2-1-3-8(4-7)16(18)19/h1-4,9-10,13,17H,5-6H2. The monoisotopic (exact) mass is 276 g/mol. The number of rotatable bonds is 3. The Hall–Kier alpha value is -2.32. The first-order valence-electron chi connectivity index (χ1n) is 6.13. The van der Waals surface area contributed by atoms with Gasteiger partial charge in [-0.3, -0.25) is 10.1 Å². The molecule has 2 unspecified atom stereocenters. The third kappa shape index (κ3) is 2.38. The lowest BCUT2D eigenvalue weighted by atomic mass is 10.2. The van der Waals surface area contributed by atoms with Gasteiger partial charge in [0, 0.05) is 24.2 Å². The molecule has 0 saturated carbocycles. The minimum atomic E-state index is -0.473. The lowest BCUT2D eigenvalue weighted by Crippen LogP contribution is -2.15. The van der Waals surface area contributed by atoms with Crippen molar-refractivity contribution in [3.05, 3.63) is 40.3 Å². The molecule has 8 nitrogen and oxygen atoms in total. The largest absolute Gasteiger partial charge is 0.392 e. The molecule has 1 aromatic heterocycles. The van der Waals surface area contributed by atoms with E-state index in [1.807, 2.05) is 0 Å². The molecule has 0 radical (unpaired) electrons. The summed E-state index contributed by atoms with van der Waals surface area (Å²) in [5.74, 6) is 0.676. The summed E-state index contributed by atoms with van der Waals surface area (Å²) in [7, 11) is 0. The maximum absolute atomic E-state index is 10.7. The summed E-state index contributed by atoms with van der Waals surface area (Å²) >= 11 is 0. The number of hydrogen-bond acceptors (Lipinski definition) is 7. The van der Waals surface area contributed by atoms with E-state index in [4.69, 9.17) is 4.52 Å². The van der Waals surface area contributed by atoms with Gasteiger partial charge in [0.2, 0.25) is 11.7 Å². The molecule has 3 rings (SSSR count). The summed E-state index contributed by atoms with van der Waals surface area (Å²) in [6.07, 6.45) is 0.0875. The Morgan fingerprint density at radius 3 is 3.05 bits per heavy atom. The number of nitro groups is 1. The second kappa shape index (κ2) is 4.99. The Bertz CT molecular complexity index is 642. The predicted octanol–water partition coefficient (Wildman–Crippen LogP) is 1.04. The third-order valence-corrected chi connectivity index (χ3v) is 3.16. The van der Waals surface area contributed by atoms with Crippen molar-refractivity contribution in [2.45, 2.75) is 18.6 Å². The summed E-state index contributed by atoms with van der Waals surface area (Å²) in [5, 5.41) is 27.1. The molecule has 1 aliphatic heterocycles. The average molecular weight is 276 g/mol. The van der Waals surface area contributed by atoms with Crippen LogP contribution in [-0.4, -0.2) is 32.8 Å². The Morgan fingerprint density at radius 2 is 2.35 bits per heavy atom. The number of nitro benzene ring substituents is 1. The minimum absolute atomic E-state index is 0.0248. The molecule has 0 spiro atoms. The molecule has 1 aromatic carbocycles. The summed E-state index contributed by atoms with van der Waals surface area (Å²) in [6, 6.07) is 5.87. The minimum Gasteiger partial charge on any atom is -0.392 e. The van der Waals surface area contributed by atoms with E-state index in [9.17, 15) is 15.2 Å². The Balaban J connectivity index is 1.86. The van der Waals surface area contributed by atoms with Crippen molar-refractivity contribution in [3.8, 4) is 11.4 Å². The molecular formula is C12H12N4O4. The Labute approximate surface area is 113 Å². The fourth-order valence-corrected chi connectivity index (χ4v) is 2.16. The number of benzene rings is 1. The van der Waals surface area contributed by atoms with E-state index >= 15 is 0 Å². The Morgan fingerprint density at radius 1 is 1.50 bits per heavy atom. The van der Waals surface area contributed by atoms with Crippen LogP contribution in [0.2, 0.25) is 0 Å². The van der Waals surface area contributed by atoms with Crippen LogP contribution >= 0.6 is 0 Å². The summed E-state index contributed by atoms with van der Waals surface area (Å²) in [6.45, 7) is 0.485. The quantitative estimate of drug-likeness (QED) is 0.635. The van der Waals surface area contributed by atoms with Gasteiger partial charge >= 0.3 is 0 Å². The first kappa shape index (κ1) is 12.7. The van der Waals surface area contributed by atoms with E-state index in [1.54, 1.807) is 12.1 Å². The smallest absolute Gasteiger partial charge is 0.270 e. The van der Waals surface area contributed by atoms with Crippen molar-refractivity contribution in [2.24, 2.45) is 0 Å². The molecule has 1 saturated heterocycles. The number of aromatic nitrogens is 2. The number of aliphatic hydroxyl groups excluding tert-OH is 1. The molecular weight excluding hydrogens is 264 g/mol. The fourth-order valence-electron chi connectivity index (χ4n) is 2.16. The van der Waals surface area contributed by atoms with Crippen molar-refractivity contribution < 1.29 is 14.6 Å². The van der Waals surface area contributed by atoms with Crippen molar-refractivity contribution in [2.75, 3.05) is 6.54 Å². The zero-order valence-electron chi connectivity index (χ0n) is 10.4. The highest BCUT2D eigenvalue weighted by atomic mass is 16.6. The van der Waals surface area contributed by atoms with Crippen LogP contribution in [0, 0.1) is 10.1 Å². The molecule has 1 fully saturated rings. The topological polar surface area (TPSA) is 114 Å². The van der Waals surface area contributed by atoms with Crippen molar-refractivity contribution in [1.29, 1.82) is 0 Å². The lowest BCUT2D eigenvalue weighted by molar-refractivity contribution is -0.384. The van der Waals surface area contributed by atoms with Gasteiger partial charge in [-0.25, -0.2) is 0 Å². The first-order valence-corrected chi connectivity index (χ1v) is 6.13. The molecule has 0 bridgehead atoms. The van der Waals surface area contributed by atoms with Gasteiger partial charge in [-0.05, 0) is 6.42 Å². The maximum Gasteiger partial charge on any atom is 0.270 e. The Kier molecular flexibility index (Phi) is 3.17. The van der Waals surface area contributed by atoms with Gasteiger partial charge in [0.15, 0.2) is 0 Å². The van der Waals surface area contributed by atoms with E-state index in [1.165, 1.54) is 12.1 Å². The maximum atomic E-state index is 10.7. The zero-order chi connectivity index (χ0) is 14.1. The summed E-state index contributed by atoms with van der Waals surface area (Å²) < 4.78 is 5.15. The highest BCUT2D eigenvalue weighted by Crippen LogP contribution is 2.26. The molecule has 1 aliphatic rings. The molecule has 8 heteroatoms. The highest BCUT2D eigenvalue weighted by molar-refractivity contribution is 5.58. The predicted molar refractivity (Wildman–Crippen MR) is 67.8 cm³/mol. The molecule has 2 aromatic rings. The van der Waals surface area contributed by atoms with Crippen LogP contribution in [0.5, 0.6) is 0 Å². The second-order valence-corrected chi connectivity index (χ2v) is 4.61. The normalized spacial score (nSPS) is 22.1. The number of hydrogen-bond donors (Lipinski definition) is 2. The molecule has 0 aliphatic carbocycles. The van der Waals surface area contributed by atoms with Gasteiger partial charge < -0.3 is 14.9 Å². The van der Waals surface area contributed by atoms with Gasteiger partial charge in [-0.1, -0.05) is 17.3 Å². The van der Waals surface area contributed by atoms with E-state index in [0.717, 1.165) is 0 Å².